The van der Waals surface area contributed by atoms with Crippen LogP contribution >= 0.6 is 0 Å². The summed E-state index contributed by atoms with van der Waals surface area (Å²) in [6.07, 6.45) is -25.3. The van der Waals surface area contributed by atoms with E-state index in [1.807, 2.05) is 0 Å². The van der Waals surface area contributed by atoms with E-state index in [-0.39, 0.29) is 0 Å². The van der Waals surface area contributed by atoms with Crippen LogP contribution in [0.4, 0.5) is 52.7 Å². The van der Waals surface area contributed by atoms with Crippen LogP contribution in [0.3, 0.4) is 0 Å². The molecule has 2 atom stereocenters. The Kier molecular flexibility index (Phi) is 9.48. The first-order valence-electron chi connectivity index (χ1n) is 13.4. The molecule has 0 bridgehead atoms. The zero-order valence-corrected chi connectivity index (χ0v) is 23.7. The molecule has 4 aromatic rings. The lowest BCUT2D eigenvalue weighted by molar-refractivity contribution is -0.167. The second-order valence-corrected chi connectivity index (χ2v) is 10.7. The molecule has 0 aliphatic heterocycles. The minimum atomic E-state index is -4.91. The molecule has 0 saturated carbocycles. The molecule has 48 heavy (non-hydrogen) atoms. The molecule has 0 amide bonds. The van der Waals surface area contributed by atoms with Gasteiger partial charge in [0.25, 0.3) is 0 Å². The molecule has 4 nitrogen and oxygen atoms in total. The Labute approximate surface area is 263 Å². The van der Waals surface area contributed by atoms with Crippen LogP contribution in [0.15, 0.2) is 97.1 Å². The summed E-state index contributed by atoms with van der Waals surface area (Å²) >= 11 is 0. The third kappa shape index (κ3) is 7.02. The van der Waals surface area contributed by atoms with Crippen molar-refractivity contribution in [1.29, 1.82) is 0 Å². The lowest BCUT2D eigenvalue weighted by Crippen LogP contribution is -2.56. The Morgan fingerprint density at radius 2 is 0.417 bits per heavy atom. The number of aliphatic hydroxyl groups excluding tert-OH is 2. The van der Waals surface area contributed by atoms with Crippen LogP contribution in [0.25, 0.3) is 0 Å². The quantitative estimate of drug-likeness (QED) is 0.150. The van der Waals surface area contributed by atoms with Gasteiger partial charge in [0.15, 0.2) is 0 Å². The number of halogens is 12. The average Bonchev–Trinajstić information content (AvgIpc) is 3.02. The van der Waals surface area contributed by atoms with Crippen LogP contribution in [0.1, 0.15) is 44.5 Å². The average molecular weight is 699 g/mol. The lowest BCUT2D eigenvalue weighted by atomic mass is 9.71. The summed E-state index contributed by atoms with van der Waals surface area (Å²) < 4.78 is 159. The summed E-state index contributed by atoms with van der Waals surface area (Å²) in [7, 11) is 0. The smallest absolute Gasteiger partial charge is 0.387 e. The van der Waals surface area contributed by atoms with Crippen LogP contribution in [0.2, 0.25) is 0 Å². The van der Waals surface area contributed by atoms with Gasteiger partial charge in [-0.1, -0.05) is 48.5 Å². The van der Waals surface area contributed by atoms with Gasteiger partial charge in [0.05, 0.1) is 22.3 Å². The maximum atomic E-state index is 13.3. The van der Waals surface area contributed by atoms with E-state index in [2.05, 4.69) is 0 Å². The molecule has 0 unspecified atom stereocenters. The minimum absolute atomic E-state index is 0.432. The predicted octanol–water partition coefficient (Wildman–Crippen LogP) is 7.66. The van der Waals surface area contributed by atoms with Gasteiger partial charge < -0.3 is 20.4 Å². The van der Waals surface area contributed by atoms with E-state index in [1.54, 1.807) is 0 Å². The third-order valence-corrected chi connectivity index (χ3v) is 7.76. The Balaban J connectivity index is 1.94. The van der Waals surface area contributed by atoms with Gasteiger partial charge in [0.1, 0.15) is 23.4 Å². The molecule has 0 heterocycles. The largest absolute Gasteiger partial charge is 0.416 e. The molecule has 0 radical (unpaired) electrons. The number of hydrogen-bond acceptors (Lipinski definition) is 4. The lowest BCUT2D eigenvalue weighted by Gasteiger charge is -2.43. The molecule has 16 heteroatoms. The first-order chi connectivity index (χ1) is 21.9. The third-order valence-electron chi connectivity index (χ3n) is 7.76. The SMILES string of the molecule is O[C@H]([C@@H](O)C(O)(c1ccc(C(F)(F)F)cc1)c1ccc(C(F)(F)F)cc1)C(O)(c1ccc(C(F)(F)F)cc1)c1ccc(C(F)(F)F)cc1. The summed E-state index contributed by atoms with van der Waals surface area (Å²) in [6.45, 7) is 0. The second-order valence-electron chi connectivity index (χ2n) is 10.7. The van der Waals surface area contributed by atoms with Crippen molar-refractivity contribution in [3.05, 3.63) is 142 Å². The van der Waals surface area contributed by atoms with E-state index >= 15 is 0 Å². The normalized spacial score (nSPS) is 14.9. The summed E-state index contributed by atoms with van der Waals surface area (Å²) in [5, 5.41) is 47.0. The van der Waals surface area contributed by atoms with Crippen LogP contribution in [0, 0.1) is 0 Å². The Hall–Kier alpha value is -4.12. The number of hydrogen-bond donors (Lipinski definition) is 4. The second kappa shape index (κ2) is 12.4. The van der Waals surface area contributed by atoms with Crippen molar-refractivity contribution in [3.8, 4) is 0 Å². The van der Waals surface area contributed by atoms with Crippen molar-refractivity contribution < 1.29 is 73.1 Å². The van der Waals surface area contributed by atoms with Gasteiger partial charge in [-0.2, -0.15) is 52.7 Å². The highest BCUT2D eigenvalue weighted by Crippen LogP contribution is 2.44. The molecule has 0 aliphatic carbocycles. The maximum absolute atomic E-state index is 13.3. The van der Waals surface area contributed by atoms with E-state index in [4.69, 9.17) is 0 Å². The molecule has 4 rings (SSSR count). The molecule has 0 fully saturated rings. The van der Waals surface area contributed by atoms with Gasteiger partial charge in [0.2, 0.25) is 0 Å². The topological polar surface area (TPSA) is 80.9 Å². The van der Waals surface area contributed by atoms with Gasteiger partial charge in [-0.25, -0.2) is 0 Å². The predicted molar refractivity (Wildman–Crippen MR) is 144 cm³/mol. The first-order valence-corrected chi connectivity index (χ1v) is 13.4. The maximum Gasteiger partial charge on any atom is 0.416 e. The fourth-order valence-electron chi connectivity index (χ4n) is 5.13. The molecular weight excluding hydrogens is 676 g/mol. The van der Waals surface area contributed by atoms with Crippen molar-refractivity contribution in [3.63, 3.8) is 0 Å². The highest BCUT2D eigenvalue weighted by molar-refractivity contribution is 5.45. The molecule has 0 saturated heterocycles. The van der Waals surface area contributed by atoms with E-state index < -0.39 is 92.6 Å². The summed E-state index contributed by atoms with van der Waals surface area (Å²) in [6, 6.07) is 8.39. The van der Waals surface area contributed by atoms with Crippen molar-refractivity contribution in [2.75, 3.05) is 0 Å². The van der Waals surface area contributed by atoms with Gasteiger partial charge in [-0.3, -0.25) is 0 Å². The molecule has 4 aromatic carbocycles. The van der Waals surface area contributed by atoms with Crippen molar-refractivity contribution in [2.24, 2.45) is 0 Å². The molecule has 0 aliphatic rings. The van der Waals surface area contributed by atoms with E-state index in [9.17, 15) is 73.1 Å². The summed E-state index contributed by atoms with van der Waals surface area (Å²) in [4.78, 5) is 0. The number of aliphatic hydroxyl groups is 4. The minimum Gasteiger partial charge on any atom is -0.387 e. The zero-order valence-electron chi connectivity index (χ0n) is 23.7. The Bertz CT molecular complexity index is 1450. The van der Waals surface area contributed by atoms with Crippen LogP contribution in [-0.2, 0) is 35.9 Å². The molecule has 258 valence electrons. The highest BCUT2D eigenvalue weighted by Gasteiger charge is 2.53. The van der Waals surface area contributed by atoms with E-state index in [1.165, 1.54) is 0 Å². The summed E-state index contributed by atoms with van der Waals surface area (Å²) in [5.74, 6) is 0. The molecule has 0 spiro atoms. The fraction of sp³-hybridized carbons (Fsp3) is 0.250. The van der Waals surface area contributed by atoms with Crippen LogP contribution < -0.4 is 0 Å². The van der Waals surface area contributed by atoms with Gasteiger partial charge in [-0.05, 0) is 70.8 Å². The number of benzene rings is 4. The van der Waals surface area contributed by atoms with Crippen molar-refractivity contribution >= 4 is 0 Å². The van der Waals surface area contributed by atoms with Crippen LogP contribution in [-0.4, -0.2) is 32.6 Å². The fourth-order valence-corrected chi connectivity index (χ4v) is 5.13. The van der Waals surface area contributed by atoms with E-state index in [0.29, 0.717) is 97.1 Å². The number of alkyl halides is 12. The van der Waals surface area contributed by atoms with Gasteiger partial charge in [-0.15, -0.1) is 0 Å². The van der Waals surface area contributed by atoms with Crippen molar-refractivity contribution in [2.45, 2.75) is 48.1 Å². The van der Waals surface area contributed by atoms with Gasteiger partial charge in [0, 0.05) is 0 Å². The Morgan fingerprint density at radius 3 is 0.542 bits per heavy atom. The summed E-state index contributed by atoms with van der Waals surface area (Å²) in [5.41, 5.74) is -14.0. The van der Waals surface area contributed by atoms with Crippen LogP contribution in [0.5, 0.6) is 0 Å². The Morgan fingerprint density at radius 1 is 0.292 bits per heavy atom. The monoisotopic (exact) mass is 698 g/mol. The van der Waals surface area contributed by atoms with Gasteiger partial charge >= 0.3 is 24.7 Å². The molecule has 4 N–H and O–H groups in total. The highest BCUT2D eigenvalue weighted by atomic mass is 19.4. The molecular formula is C32H22F12O4. The number of rotatable bonds is 7. The first kappa shape index (κ1) is 36.7. The standard InChI is InChI=1S/C32H22F12O4/c33-29(34,35)21-9-1-17(2-10-21)27(47,18-3-11-22(12-4-18)30(36,37)38)25(45)26(46)28(48,19-5-13-23(14-6-19)31(39,40)41)20-7-15-24(16-8-20)32(42,43)44/h1-16,25-26,45-48H/t25-,26-/m1/s1. The molecule has 0 aromatic heterocycles. The zero-order chi connectivity index (χ0) is 36.1. The van der Waals surface area contributed by atoms with Crippen molar-refractivity contribution in [1.82, 2.24) is 0 Å². The van der Waals surface area contributed by atoms with E-state index in [0.717, 1.165) is 0 Å².